The molecule has 0 radical (unpaired) electrons. The average Bonchev–Trinajstić information content (AvgIpc) is 4.10. The Bertz CT molecular complexity index is 2680. The van der Waals surface area contributed by atoms with Crippen LogP contribution in [0.2, 0.25) is 0 Å². The zero-order valence-corrected chi connectivity index (χ0v) is 32.4. The molecular formula is C37H29F6N7O9S2. The summed E-state index contributed by atoms with van der Waals surface area (Å²) in [5, 5.41) is 9.83. The highest BCUT2D eigenvalue weighted by Crippen LogP contribution is 2.53. The Morgan fingerprint density at radius 3 is 1.89 bits per heavy atom. The molecule has 4 aliphatic rings. The fraction of sp³-hybridized carbons (Fsp3) is 0.243. The number of hydrogen-bond acceptors (Lipinski definition) is 10. The second-order valence-corrected chi connectivity index (χ2v) is 18.0. The van der Waals surface area contributed by atoms with E-state index in [1.807, 2.05) is 0 Å². The first-order chi connectivity index (χ1) is 28.5. The molecule has 61 heavy (non-hydrogen) atoms. The molecule has 4 N–H and O–H groups in total. The quantitative estimate of drug-likeness (QED) is 0.127. The number of nitrogens with one attached hydrogen (secondary N) is 4. The Hall–Kier alpha value is -6.56. The van der Waals surface area contributed by atoms with E-state index in [1.165, 1.54) is 23.2 Å². The van der Waals surface area contributed by atoms with Gasteiger partial charge in [0, 0.05) is 24.3 Å². The molecule has 2 aliphatic heterocycles. The minimum atomic E-state index is -5.58. The number of hydrogen-bond donors (Lipinski definition) is 4. The largest absolute Gasteiger partial charge is 0.501 e. The van der Waals surface area contributed by atoms with Gasteiger partial charge in [-0.15, -0.1) is 0 Å². The summed E-state index contributed by atoms with van der Waals surface area (Å²) in [4.78, 5) is 66.1. The van der Waals surface area contributed by atoms with Crippen LogP contribution in [0.5, 0.6) is 0 Å². The van der Waals surface area contributed by atoms with E-state index in [1.54, 1.807) is 42.5 Å². The number of aromatic nitrogens is 1. The highest BCUT2D eigenvalue weighted by atomic mass is 32.2. The molecule has 3 aromatic carbocycles. The van der Waals surface area contributed by atoms with Crippen LogP contribution in [0.25, 0.3) is 0 Å². The van der Waals surface area contributed by atoms with Crippen LogP contribution in [0.15, 0.2) is 107 Å². The van der Waals surface area contributed by atoms with Crippen molar-refractivity contribution in [2.24, 2.45) is 0 Å². The van der Waals surface area contributed by atoms with Gasteiger partial charge >= 0.3 is 29.1 Å². The second-order valence-electron chi connectivity index (χ2n) is 14.1. The summed E-state index contributed by atoms with van der Waals surface area (Å²) in [7, 11) is -11.0. The number of amides is 8. The summed E-state index contributed by atoms with van der Waals surface area (Å²) < 4.78 is 122. The minimum absolute atomic E-state index is 0.000879. The van der Waals surface area contributed by atoms with Crippen molar-refractivity contribution < 1.29 is 67.2 Å². The number of imide groups is 2. The fourth-order valence-corrected chi connectivity index (χ4v) is 8.39. The Morgan fingerprint density at radius 1 is 0.787 bits per heavy atom. The topological polar surface area (TPSA) is 221 Å². The maximum absolute atomic E-state index is 13.3. The molecule has 24 heteroatoms. The Kier molecular flexibility index (Phi) is 10.4. The van der Waals surface area contributed by atoms with Gasteiger partial charge in [0.2, 0.25) is 0 Å². The van der Waals surface area contributed by atoms with Gasteiger partial charge < -0.3 is 15.5 Å². The van der Waals surface area contributed by atoms with Crippen LogP contribution in [0.3, 0.4) is 0 Å². The lowest BCUT2D eigenvalue weighted by Gasteiger charge is -2.21. The number of alkyl halides is 6. The normalized spacial score (nSPS) is 20.5. The van der Waals surface area contributed by atoms with Gasteiger partial charge in [0.25, 0.3) is 31.5 Å². The highest BCUT2D eigenvalue weighted by Gasteiger charge is 2.66. The predicted molar refractivity (Wildman–Crippen MR) is 200 cm³/mol. The maximum Gasteiger partial charge on any atom is 0.501 e. The van der Waals surface area contributed by atoms with Crippen LogP contribution in [-0.4, -0.2) is 78.7 Å². The monoisotopic (exact) mass is 893 g/mol. The van der Waals surface area contributed by atoms with Gasteiger partial charge in [-0.1, -0.05) is 30.3 Å². The summed E-state index contributed by atoms with van der Waals surface area (Å²) in [6, 6.07) is 17.6. The Labute approximate surface area is 341 Å². The first-order valence-corrected chi connectivity index (χ1v) is 20.7. The Balaban J connectivity index is 0.000000215. The molecule has 2 saturated carbocycles. The van der Waals surface area contributed by atoms with Crippen LogP contribution in [0.1, 0.15) is 36.3 Å². The van der Waals surface area contributed by atoms with Crippen molar-refractivity contribution in [3.05, 3.63) is 108 Å². The molecule has 2 unspecified atom stereocenters. The molecule has 2 aliphatic carbocycles. The molecule has 2 atom stereocenters. The number of benzene rings is 3. The van der Waals surface area contributed by atoms with Crippen LogP contribution in [0, 0.1) is 0 Å². The number of halogens is 6. The molecular weight excluding hydrogens is 865 g/mol. The van der Waals surface area contributed by atoms with Gasteiger partial charge in [0.05, 0.1) is 15.5 Å². The van der Waals surface area contributed by atoms with Crippen LogP contribution in [-0.2, 0) is 35.8 Å². The number of urea groups is 3. The molecule has 4 fully saturated rings. The SMILES string of the molecule is O=C(Nc1ccccc1)Nc1cc(CN2C(=O)N(c3ccc(S(=O)(=O)C(F)(F)F)cc3)C(=O)C23CC3)ccn1.O=C1NC(=O)C2(CC2c2ccc(S(=O)(=O)C(F)(F)F)cc2)N1. The summed E-state index contributed by atoms with van der Waals surface area (Å²) in [5.74, 6) is -1.22. The zero-order chi connectivity index (χ0) is 44.3. The number of pyridine rings is 1. The average molecular weight is 894 g/mol. The van der Waals surface area contributed by atoms with Crippen molar-refractivity contribution in [2.75, 3.05) is 15.5 Å². The molecule has 8 rings (SSSR count). The molecule has 2 saturated heterocycles. The smallest absolute Gasteiger partial charge is 0.323 e. The molecule has 4 aromatic rings. The van der Waals surface area contributed by atoms with Crippen LogP contribution < -0.4 is 26.2 Å². The van der Waals surface area contributed by atoms with E-state index in [0.29, 0.717) is 48.2 Å². The zero-order valence-electron chi connectivity index (χ0n) is 30.7. The van der Waals surface area contributed by atoms with E-state index >= 15 is 0 Å². The van der Waals surface area contributed by atoms with Gasteiger partial charge in [-0.2, -0.15) is 26.3 Å². The van der Waals surface area contributed by atoms with E-state index in [2.05, 4.69) is 26.3 Å². The van der Waals surface area contributed by atoms with Gasteiger partial charge in [-0.3, -0.25) is 20.2 Å². The van der Waals surface area contributed by atoms with Crippen LogP contribution in [0.4, 0.5) is 57.9 Å². The molecule has 16 nitrogen and oxygen atoms in total. The molecule has 1 aromatic heterocycles. The lowest BCUT2D eigenvalue weighted by atomic mass is 10.1. The van der Waals surface area contributed by atoms with Crippen molar-refractivity contribution in [1.29, 1.82) is 0 Å². The third-order valence-corrected chi connectivity index (χ3v) is 13.2. The maximum atomic E-state index is 13.3. The molecule has 3 heterocycles. The molecule has 0 bridgehead atoms. The van der Waals surface area contributed by atoms with E-state index < -0.39 is 81.5 Å². The third-order valence-electron chi connectivity index (χ3n) is 10.2. The number of para-hydroxylation sites is 1. The van der Waals surface area contributed by atoms with Crippen molar-refractivity contribution in [1.82, 2.24) is 20.5 Å². The van der Waals surface area contributed by atoms with Gasteiger partial charge in [-0.05, 0) is 91.1 Å². The first kappa shape index (κ1) is 42.6. The second kappa shape index (κ2) is 14.9. The van der Waals surface area contributed by atoms with Crippen molar-refractivity contribution in [2.45, 2.75) is 63.6 Å². The van der Waals surface area contributed by atoms with E-state index in [-0.39, 0.29) is 24.0 Å². The number of carbonyl (C=O) groups excluding carboxylic acids is 5. The number of sulfone groups is 2. The Morgan fingerprint density at radius 2 is 1.36 bits per heavy atom. The number of nitrogens with zero attached hydrogens (tertiary/aromatic N) is 3. The molecule has 320 valence electrons. The van der Waals surface area contributed by atoms with Crippen molar-refractivity contribution in [3.8, 4) is 0 Å². The number of rotatable bonds is 8. The van der Waals surface area contributed by atoms with Gasteiger partial charge in [-0.25, -0.2) is 41.1 Å². The fourth-order valence-electron chi connectivity index (χ4n) is 6.87. The van der Waals surface area contributed by atoms with Gasteiger partial charge in [0.1, 0.15) is 16.9 Å². The molecule has 8 amide bonds. The minimum Gasteiger partial charge on any atom is -0.323 e. The standard InChI is InChI=1S/C25H20F3N5O5S.C12H9F3N2O4S/c26-25(27,28)39(37,38)19-8-6-18(7-9-19)33-21(34)24(11-12-24)32(23(33)36)15-16-10-13-29-20(14-16)31-22(35)30-17-4-2-1-3-5-17;13-12(14,15)22(20,21)7-3-1-6(2-4-7)8-5-11(8)9(18)16-10(19)17-11/h1-10,13-14H,11-12,15H2,(H2,29,30,31,35);1-4,8H,5H2,(H2,16,17,18,19). The lowest BCUT2D eigenvalue weighted by molar-refractivity contribution is -0.121. The van der Waals surface area contributed by atoms with E-state index in [4.69, 9.17) is 0 Å². The predicted octanol–water partition coefficient (Wildman–Crippen LogP) is 5.57. The molecule has 2 spiro atoms. The number of anilines is 3. The lowest BCUT2D eigenvalue weighted by Crippen LogP contribution is -2.36. The van der Waals surface area contributed by atoms with Crippen molar-refractivity contribution >= 4 is 66.8 Å². The van der Waals surface area contributed by atoms with E-state index in [0.717, 1.165) is 29.2 Å². The van der Waals surface area contributed by atoms with Crippen molar-refractivity contribution in [3.63, 3.8) is 0 Å². The summed E-state index contributed by atoms with van der Waals surface area (Å²) in [6.07, 6.45) is 2.54. The highest BCUT2D eigenvalue weighted by molar-refractivity contribution is 7.92. The third kappa shape index (κ3) is 7.82. The van der Waals surface area contributed by atoms with E-state index in [9.17, 15) is 67.2 Å². The summed E-state index contributed by atoms with van der Waals surface area (Å²) >= 11 is 0. The number of carbonyl (C=O) groups is 5. The summed E-state index contributed by atoms with van der Waals surface area (Å²) in [5.41, 5.74) is -11.4. The van der Waals surface area contributed by atoms with Gasteiger partial charge in [0.15, 0.2) is 0 Å². The summed E-state index contributed by atoms with van der Waals surface area (Å²) in [6.45, 7) is -0.000879. The first-order valence-electron chi connectivity index (χ1n) is 17.7. The van der Waals surface area contributed by atoms with Crippen LogP contribution >= 0.6 is 0 Å².